The van der Waals surface area contributed by atoms with E-state index in [1.54, 1.807) is 0 Å². The van der Waals surface area contributed by atoms with Crippen LogP contribution < -0.4 is 14.8 Å². The van der Waals surface area contributed by atoms with E-state index in [0.29, 0.717) is 18.8 Å². The van der Waals surface area contributed by atoms with Gasteiger partial charge in [-0.1, -0.05) is 23.8 Å². The molecule has 1 N–H and O–H groups in total. The quantitative estimate of drug-likeness (QED) is 0.942. The summed E-state index contributed by atoms with van der Waals surface area (Å²) in [5, 5.41) is 3.04. The molecule has 23 heavy (non-hydrogen) atoms. The van der Waals surface area contributed by atoms with Crippen LogP contribution in [0, 0.1) is 13.8 Å². The summed E-state index contributed by atoms with van der Waals surface area (Å²) in [6.07, 6.45) is 0. The number of nitrogens with one attached hydrogen (secondary N) is 1. The molecule has 1 unspecified atom stereocenters. The molecule has 1 atom stereocenters. The van der Waals surface area contributed by atoms with Gasteiger partial charge in [0.15, 0.2) is 11.5 Å². The first kappa shape index (κ1) is 15.4. The van der Waals surface area contributed by atoms with Crippen LogP contribution in [0.15, 0.2) is 36.4 Å². The van der Waals surface area contributed by atoms with Crippen LogP contribution in [-0.2, 0) is 0 Å². The Kier molecular flexibility index (Phi) is 4.24. The van der Waals surface area contributed by atoms with Crippen LogP contribution in [-0.4, -0.2) is 19.1 Å². The van der Waals surface area contributed by atoms with E-state index in [0.717, 1.165) is 28.2 Å². The fraction of sp³-hybridized carbons (Fsp3) is 0.316. The molecular weight excluding hydrogens is 290 g/mol. The Morgan fingerprint density at radius 1 is 1.04 bits per heavy atom. The predicted molar refractivity (Wildman–Crippen MR) is 89.2 cm³/mol. The minimum atomic E-state index is -0.112. The van der Waals surface area contributed by atoms with Gasteiger partial charge in [0.1, 0.15) is 13.2 Å². The van der Waals surface area contributed by atoms with Gasteiger partial charge in [-0.25, -0.2) is 0 Å². The summed E-state index contributed by atoms with van der Waals surface area (Å²) >= 11 is 0. The van der Waals surface area contributed by atoms with Crippen molar-refractivity contribution in [3.05, 3.63) is 58.7 Å². The van der Waals surface area contributed by atoms with E-state index >= 15 is 0 Å². The number of rotatable bonds is 3. The normalized spacial score (nSPS) is 14.2. The molecule has 3 rings (SSSR count). The van der Waals surface area contributed by atoms with Crippen LogP contribution in [0.2, 0.25) is 0 Å². The standard InChI is InChI=1S/C19H21NO3/c1-12-4-6-16(13(2)10-12)19(21)20-14(3)15-5-7-17-18(11-15)23-9-8-22-17/h4-7,10-11,14H,8-9H2,1-3H3,(H,20,21). The fourth-order valence-corrected chi connectivity index (χ4v) is 2.76. The highest BCUT2D eigenvalue weighted by molar-refractivity contribution is 5.95. The molecule has 0 radical (unpaired) electrons. The third-order valence-electron chi connectivity index (χ3n) is 4.04. The van der Waals surface area contributed by atoms with Crippen molar-refractivity contribution in [2.24, 2.45) is 0 Å². The molecule has 1 aliphatic heterocycles. The summed E-state index contributed by atoms with van der Waals surface area (Å²) in [7, 11) is 0. The van der Waals surface area contributed by atoms with Gasteiger partial charge in [0.25, 0.3) is 5.91 Å². The first-order chi connectivity index (χ1) is 11.0. The van der Waals surface area contributed by atoms with E-state index in [2.05, 4.69) is 5.32 Å². The zero-order valence-corrected chi connectivity index (χ0v) is 13.7. The second-order valence-electron chi connectivity index (χ2n) is 5.92. The number of amides is 1. The second kappa shape index (κ2) is 6.32. The minimum absolute atomic E-state index is 0.0649. The van der Waals surface area contributed by atoms with Crippen molar-refractivity contribution in [2.45, 2.75) is 26.8 Å². The lowest BCUT2D eigenvalue weighted by Crippen LogP contribution is -2.27. The van der Waals surface area contributed by atoms with Crippen molar-refractivity contribution in [2.75, 3.05) is 13.2 Å². The number of hydrogen-bond acceptors (Lipinski definition) is 3. The molecule has 4 nitrogen and oxygen atoms in total. The lowest BCUT2D eigenvalue weighted by molar-refractivity contribution is 0.0939. The molecule has 0 saturated carbocycles. The summed E-state index contributed by atoms with van der Waals surface area (Å²) in [6, 6.07) is 11.5. The van der Waals surface area contributed by atoms with E-state index < -0.39 is 0 Å². The molecule has 4 heteroatoms. The smallest absolute Gasteiger partial charge is 0.252 e. The maximum Gasteiger partial charge on any atom is 0.252 e. The van der Waals surface area contributed by atoms with Gasteiger partial charge in [-0.2, -0.15) is 0 Å². The third-order valence-corrected chi connectivity index (χ3v) is 4.04. The van der Waals surface area contributed by atoms with Crippen LogP contribution in [0.25, 0.3) is 0 Å². The van der Waals surface area contributed by atoms with Crippen molar-refractivity contribution in [1.82, 2.24) is 5.32 Å². The summed E-state index contributed by atoms with van der Waals surface area (Å²) in [6.45, 7) is 7.07. The lowest BCUT2D eigenvalue weighted by Gasteiger charge is -2.21. The monoisotopic (exact) mass is 311 g/mol. The average molecular weight is 311 g/mol. The van der Waals surface area contributed by atoms with Gasteiger partial charge in [0.2, 0.25) is 0 Å². The SMILES string of the molecule is Cc1ccc(C(=O)NC(C)c2ccc3c(c2)OCCO3)c(C)c1. The first-order valence-electron chi connectivity index (χ1n) is 7.82. The van der Waals surface area contributed by atoms with Gasteiger partial charge in [-0.15, -0.1) is 0 Å². The molecule has 0 spiro atoms. The van der Waals surface area contributed by atoms with E-state index in [4.69, 9.17) is 9.47 Å². The average Bonchev–Trinajstić information content (AvgIpc) is 2.54. The number of ether oxygens (including phenoxy) is 2. The molecule has 1 heterocycles. The summed E-state index contributed by atoms with van der Waals surface area (Å²) in [4.78, 5) is 12.5. The highest BCUT2D eigenvalue weighted by Gasteiger charge is 2.17. The maximum atomic E-state index is 12.5. The van der Waals surface area contributed by atoms with Gasteiger partial charge in [-0.3, -0.25) is 4.79 Å². The van der Waals surface area contributed by atoms with Crippen LogP contribution in [0.3, 0.4) is 0 Å². The van der Waals surface area contributed by atoms with E-state index in [9.17, 15) is 4.79 Å². The predicted octanol–water partition coefficient (Wildman–Crippen LogP) is 3.57. The van der Waals surface area contributed by atoms with Gasteiger partial charge < -0.3 is 14.8 Å². The lowest BCUT2D eigenvalue weighted by atomic mass is 10.0. The molecule has 2 aromatic rings. The summed E-state index contributed by atoms with van der Waals surface area (Å²) in [5.74, 6) is 1.43. The molecule has 1 aliphatic rings. The molecule has 0 aromatic heterocycles. The fourth-order valence-electron chi connectivity index (χ4n) is 2.76. The van der Waals surface area contributed by atoms with Crippen LogP contribution in [0.1, 0.15) is 40.0 Å². The molecule has 0 saturated heterocycles. The number of carbonyl (C=O) groups excluding carboxylic acids is 1. The Hall–Kier alpha value is -2.49. The molecule has 2 aromatic carbocycles. The van der Waals surface area contributed by atoms with Crippen molar-refractivity contribution in [1.29, 1.82) is 0 Å². The van der Waals surface area contributed by atoms with Gasteiger partial charge in [0.05, 0.1) is 6.04 Å². The number of carbonyl (C=O) groups is 1. The van der Waals surface area contributed by atoms with Gasteiger partial charge in [0, 0.05) is 5.56 Å². The highest BCUT2D eigenvalue weighted by Crippen LogP contribution is 2.32. The van der Waals surface area contributed by atoms with Crippen LogP contribution in [0.4, 0.5) is 0 Å². The topological polar surface area (TPSA) is 47.6 Å². The minimum Gasteiger partial charge on any atom is -0.486 e. The number of benzene rings is 2. The highest BCUT2D eigenvalue weighted by atomic mass is 16.6. The van der Waals surface area contributed by atoms with E-state index in [1.165, 1.54) is 0 Å². The van der Waals surface area contributed by atoms with Crippen LogP contribution in [0.5, 0.6) is 11.5 Å². The Labute approximate surface area is 136 Å². The summed E-state index contributed by atoms with van der Waals surface area (Å²) < 4.78 is 11.1. The van der Waals surface area contributed by atoms with Crippen molar-refractivity contribution in [3.63, 3.8) is 0 Å². The molecule has 1 amide bonds. The first-order valence-corrected chi connectivity index (χ1v) is 7.82. The van der Waals surface area contributed by atoms with E-state index in [1.807, 2.05) is 57.2 Å². The van der Waals surface area contributed by atoms with E-state index in [-0.39, 0.29) is 11.9 Å². The van der Waals surface area contributed by atoms with Crippen molar-refractivity contribution < 1.29 is 14.3 Å². The van der Waals surface area contributed by atoms with Gasteiger partial charge >= 0.3 is 0 Å². The molecule has 120 valence electrons. The Morgan fingerprint density at radius 2 is 1.78 bits per heavy atom. The second-order valence-corrected chi connectivity index (χ2v) is 5.92. The Morgan fingerprint density at radius 3 is 2.52 bits per heavy atom. The molecule has 0 fully saturated rings. The molecule has 0 bridgehead atoms. The Balaban J connectivity index is 1.76. The zero-order valence-electron chi connectivity index (χ0n) is 13.7. The third kappa shape index (κ3) is 3.31. The molecule has 0 aliphatic carbocycles. The number of fused-ring (bicyclic) bond motifs is 1. The Bertz CT molecular complexity index is 739. The van der Waals surface area contributed by atoms with Crippen molar-refractivity contribution in [3.8, 4) is 11.5 Å². The maximum absolute atomic E-state index is 12.5. The summed E-state index contributed by atoms with van der Waals surface area (Å²) in [5.41, 5.74) is 3.84. The number of aryl methyl sites for hydroxylation is 2. The van der Waals surface area contributed by atoms with Crippen LogP contribution >= 0.6 is 0 Å². The van der Waals surface area contributed by atoms with Gasteiger partial charge in [-0.05, 0) is 50.1 Å². The number of hydrogen-bond donors (Lipinski definition) is 1. The molecular formula is C19H21NO3. The zero-order chi connectivity index (χ0) is 16.4. The largest absolute Gasteiger partial charge is 0.486 e. The van der Waals surface area contributed by atoms with Crippen molar-refractivity contribution >= 4 is 5.91 Å².